The Hall–Kier alpha value is -2.01. The van der Waals surface area contributed by atoms with E-state index in [2.05, 4.69) is 40.3 Å². The second-order valence-electron chi connectivity index (χ2n) is 5.57. The molecule has 0 unspecified atom stereocenters. The lowest BCUT2D eigenvalue weighted by atomic mass is 9.94. The Morgan fingerprint density at radius 2 is 2.04 bits per heavy atom. The fourth-order valence-corrected chi connectivity index (χ4v) is 3.47. The molecular formula is C18H19BrN2O2. The summed E-state index contributed by atoms with van der Waals surface area (Å²) in [6.45, 7) is 2.77. The van der Waals surface area contributed by atoms with Crippen LogP contribution in [-0.4, -0.2) is 24.6 Å². The predicted octanol–water partition coefficient (Wildman–Crippen LogP) is 4.61. The molecule has 0 radical (unpaired) electrons. The molecule has 0 bridgehead atoms. The SMILES string of the molecule is COc1cccc(Br)c1NC(=O)N1CCc2ccccc2[C@@H]1C. The number of amides is 2. The predicted molar refractivity (Wildman–Crippen MR) is 95.0 cm³/mol. The van der Waals surface area contributed by atoms with Gasteiger partial charge in [-0.1, -0.05) is 30.3 Å². The van der Waals surface area contributed by atoms with Gasteiger partial charge in [0.15, 0.2) is 0 Å². The van der Waals surface area contributed by atoms with Crippen molar-refractivity contribution < 1.29 is 9.53 Å². The van der Waals surface area contributed by atoms with Gasteiger partial charge in [0.1, 0.15) is 5.75 Å². The van der Waals surface area contributed by atoms with Crippen LogP contribution in [0.2, 0.25) is 0 Å². The van der Waals surface area contributed by atoms with E-state index in [-0.39, 0.29) is 12.1 Å². The third-order valence-corrected chi connectivity index (χ3v) is 4.94. The van der Waals surface area contributed by atoms with Crippen LogP contribution in [0.3, 0.4) is 0 Å². The minimum atomic E-state index is -0.114. The lowest BCUT2D eigenvalue weighted by Gasteiger charge is -2.35. The largest absolute Gasteiger partial charge is 0.495 e. The van der Waals surface area contributed by atoms with E-state index in [0.29, 0.717) is 18.0 Å². The quantitative estimate of drug-likeness (QED) is 0.833. The van der Waals surface area contributed by atoms with Crippen LogP contribution in [0.1, 0.15) is 24.1 Å². The monoisotopic (exact) mass is 374 g/mol. The Labute approximate surface area is 144 Å². The summed E-state index contributed by atoms with van der Waals surface area (Å²) in [6, 6.07) is 13.8. The first kappa shape index (κ1) is 15.9. The van der Waals surface area contributed by atoms with Crippen molar-refractivity contribution in [1.82, 2.24) is 4.90 Å². The van der Waals surface area contributed by atoms with Gasteiger partial charge >= 0.3 is 6.03 Å². The normalized spacial score (nSPS) is 16.7. The summed E-state index contributed by atoms with van der Waals surface area (Å²) in [7, 11) is 1.59. The van der Waals surface area contributed by atoms with Crippen molar-refractivity contribution in [1.29, 1.82) is 0 Å². The molecule has 2 amide bonds. The highest BCUT2D eigenvalue weighted by atomic mass is 79.9. The highest BCUT2D eigenvalue weighted by molar-refractivity contribution is 9.10. The van der Waals surface area contributed by atoms with Crippen LogP contribution in [0.5, 0.6) is 5.75 Å². The summed E-state index contributed by atoms with van der Waals surface area (Å²) in [5.74, 6) is 0.637. The van der Waals surface area contributed by atoms with Crippen LogP contribution < -0.4 is 10.1 Å². The van der Waals surface area contributed by atoms with Gasteiger partial charge < -0.3 is 15.0 Å². The van der Waals surface area contributed by atoms with E-state index in [4.69, 9.17) is 4.74 Å². The lowest BCUT2D eigenvalue weighted by molar-refractivity contribution is 0.188. The molecule has 0 saturated heterocycles. The van der Waals surface area contributed by atoms with Crippen LogP contribution in [-0.2, 0) is 6.42 Å². The Bertz CT molecular complexity index is 733. The number of hydrogen-bond donors (Lipinski definition) is 1. The highest BCUT2D eigenvalue weighted by Crippen LogP contribution is 2.34. The minimum absolute atomic E-state index is 0.0495. The first-order valence-electron chi connectivity index (χ1n) is 7.59. The molecule has 1 aliphatic rings. The van der Waals surface area contributed by atoms with Gasteiger partial charge in [-0.05, 0) is 52.5 Å². The summed E-state index contributed by atoms with van der Waals surface area (Å²) < 4.78 is 6.14. The van der Waals surface area contributed by atoms with Crippen molar-refractivity contribution in [3.63, 3.8) is 0 Å². The molecule has 1 aliphatic heterocycles. The molecule has 1 atom stereocenters. The van der Waals surface area contributed by atoms with E-state index in [0.717, 1.165) is 10.9 Å². The molecule has 1 N–H and O–H groups in total. The summed E-state index contributed by atoms with van der Waals surface area (Å²) in [4.78, 5) is 14.6. The number of rotatable bonds is 2. The number of urea groups is 1. The molecule has 0 fully saturated rings. The van der Waals surface area contributed by atoms with E-state index in [1.165, 1.54) is 11.1 Å². The maximum absolute atomic E-state index is 12.7. The lowest BCUT2D eigenvalue weighted by Crippen LogP contribution is -2.41. The summed E-state index contributed by atoms with van der Waals surface area (Å²) in [5, 5.41) is 2.98. The van der Waals surface area contributed by atoms with Gasteiger partial charge in [0.25, 0.3) is 0 Å². The highest BCUT2D eigenvalue weighted by Gasteiger charge is 2.28. The van der Waals surface area contributed by atoms with Gasteiger partial charge in [0, 0.05) is 11.0 Å². The average Bonchev–Trinajstić information content (AvgIpc) is 2.57. The van der Waals surface area contributed by atoms with Gasteiger partial charge in [-0.25, -0.2) is 4.79 Å². The molecule has 5 heteroatoms. The molecule has 0 saturated carbocycles. The molecular weight excluding hydrogens is 356 g/mol. The average molecular weight is 375 g/mol. The minimum Gasteiger partial charge on any atom is -0.495 e. The van der Waals surface area contributed by atoms with Gasteiger partial charge in [-0.3, -0.25) is 0 Å². The Morgan fingerprint density at radius 3 is 2.83 bits per heavy atom. The van der Waals surface area contributed by atoms with Crippen LogP contribution in [0.4, 0.5) is 10.5 Å². The maximum Gasteiger partial charge on any atom is 0.322 e. The zero-order chi connectivity index (χ0) is 16.4. The number of carbonyl (C=O) groups excluding carboxylic acids is 1. The molecule has 0 aromatic heterocycles. The summed E-state index contributed by atoms with van der Waals surface area (Å²) in [5.41, 5.74) is 3.20. The van der Waals surface area contributed by atoms with Crippen molar-refractivity contribution in [2.75, 3.05) is 19.0 Å². The molecule has 23 heavy (non-hydrogen) atoms. The fourth-order valence-electron chi connectivity index (χ4n) is 3.02. The van der Waals surface area contributed by atoms with E-state index < -0.39 is 0 Å². The first-order chi connectivity index (χ1) is 11.1. The Morgan fingerprint density at radius 1 is 1.26 bits per heavy atom. The maximum atomic E-state index is 12.7. The van der Waals surface area contributed by atoms with Crippen molar-refractivity contribution in [2.45, 2.75) is 19.4 Å². The van der Waals surface area contributed by atoms with Gasteiger partial charge in [0.05, 0.1) is 18.8 Å². The zero-order valence-corrected chi connectivity index (χ0v) is 14.8. The number of benzene rings is 2. The Kier molecular flexibility index (Phi) is 4.57. The number of carbonyl (C=O) groups is 1. The summed E-state index contributed by atoms with van der Waals surface area (Å²) >= 11 is 3.47. The third kappa shape index (κ3) is 3.06. The number of halogens is 1. The molecule has 2 aromatic rings. The van der Waals surface area contributed by atoms with Gasteiger partial charge in [-0.15, -0.1) is 0 Å². The van der Waals surface area contributed by atoms with E-state index in [1.54, 1.807) is 7.11 Å². The van der Waals surface area contributed by atoms with Crippen LogP contribution >= 0.6 is 15.9 Å². The van der Waals surface area contributed by atoms with E-state index in [9.17, 15) is 4.79 Å². The summed E-state index contributed by atoms with van der Waals surface area (Å²) in [6.07, 6.45) is 0.876. The second kappa shape index (κ2) is 6.62. The molecule has 0 spiro atoms. The van der Waals surface area contributed by atoms with Crippen molar-refractivity contribution in [3.8, 4) is 5.75 Å². The van der Waals surface area contributed by atoms with Crippen LogP contribution in [0, 0.1) is 0 Å². The number of para-hydroxylation sites is 1. The molecule has 4 nitrogen and oxygen atoms in total. The van der Waals surface area contributed by atoms with Crippen LogP contribution in [0.15, 0.2) is 46.9 Å². The number of ether oxygens (including phenoxy) is 1. The number of hydrogen-bond acceptors (Lipinski definition) is 2. The van der Waals surface area contributed by atoms with Gasteiger partial charge in [0.2, 0.25) is 0 Å². The zero-order valence-electron chi connectivity index (χ0n) is 13.2. The first-order valence-corrected chi connectivity index (χ1v) is 8.39. The topological polar surface area (TPSA) is 41.6 Å². The van der Waals surface area contributed by atoms with E-state index in [1.807, 2.05) is 35.2 Å². The second-order valence-corrected chi connectivity index (χ2v) is 6.42. The number of anilines is 1. The van der Waals surface area contributed by atoms with Crippen molar-refractivity contribution in [2.24, 2.45) is 0 Å². The number of nitrogens with zero attached hydrogens (tertiary/aromatic N) is 1. The standard InChI is InChI=1S/C18H19BrN2O2/c1-12-14-7-4-3-6-13(14)10-11-21(12)18(22)20-17-15(19)8-5-9-16(17)23-2/h3-9,12H,10-11H2,1-2H3,(H,20,22)/t12-/m0/s1. The van der Waals surface area contributed by atoms with Crippen molar-refractivity contribution >= 4 is 27.6 Å². The molecule has 0 aliphatic carbocycles. The number of nitrogens with one attached hydrogen (secondary N) is 1. The van der Waals surface area contributed by atoms with E-state index >= 15 is 0 Å². The molecule has 3 rings (SSSR count). The third-order valence-electron chi connectivity index (χ3n) is 4.28. The smallest absolute Gasteiger partial charge is 0.322 e. The molecule has 120 valence electrons. The number of methoxy groups -OCH3 is 1. The fraction of sp³-hybridized carbons (Fsp3) is 0.278. The van der Waals surface area contributed by atoms with Crippen LogP contribution in [0.25, 0.3) is 0 Å². The number of fused-ring (bicyclic) bond motifs is 1. The van der Waals surface area contributed by atoms with Crippen molar-refractivity contribution in [3.05, 3.63) is 58.1 Å². The van der Waals surface area contributed by atoms with Gasteiger partial charge in [-0.2, -0.15) is 0 Å². The molecule has 1 heterocycles. The molecule has 2 aromatic carbocycles. The Balaban J connectivity index is 1.83.